The van der Waals surface area contributed by atoms with Gasteiger partial charge >= 0.3 is 17.9 Å². The Labute approximate surface area is 261 Å². The van der Waals surface area contributed by atoms with Crippen LogP contribution in [0.15, 0.2) is 59.8 Å². The summed E-state index contributed by atoms with van der Waals surface area (Å²) in [4.78, 5) is 57.3. The maximum absolute atomic E-state index is 11.7. The molecule has 2 aromatic heterocycles. The molecule has 0 spiro atoms. The van der Waals surface area contributed by atoms with Crippen LogP contribution in [-0.2, 0) is 50.9 Å². The fraction of sp³-hybridized carbons (Fsp3) is 0.344. The second-order valence-corrected chi connectivity index (χ2v) is 9.68. The number of methoxy groups -OCH3 is 2. The second kappa shape index (κ2) is 17.6. The molecule has 0 aliphatic carbocycles. The highest BCUT2D eigenvalue weighted by atomic mass is 16.5. The molecule has 1 amide bonds. The molecule has 0 saturated carbocycles. The van der Waals surface area contributed by atoms with Crippen LogP contribution in [0.4, 0.5) is 0 Å². The summed E-state index contributed by atoms with van der Waals surface area (Å²) in [5.41, 5.74) is 3.82. The first-order valence-electron chi connectivity index (χ1n) is 14.1. The van der Waals surface area contributed by atoms with Gasteiger partial charge in [-0.15, -0.1) is 0 Å². The number of nitrogens with zero attached hydrogens (tertiary/aromatic N) is 5. The Balaban J connectivity index is 0.000000216. The smallest absolute Gasteiger partial charge is 0.357 e. The summed E-state index contributed by atoms with van der Waals surface area (Å²) in [6, 6.07) is 9.47. The SMILES string of the molecule is COC(=O)C1=CN=CC1.COC(=O)c1c(C#CCCC(=O)OCc2ccccc2)ncn1C.Cn1cnc2c1C(=O)NCCC2. The Hall–Kier alpha value is -5.51. The Bertz CT molecular complexity index is 1610. The van der Waals surface area contributed by atoms with E-state index in [9.17, 15) is 19.2 Å². The zero-order chi connectivity index (χ0) is 32.6. The number of fused-ring (bicyclic) bond motifs is 1. The Kier molecular flexibility index (Phi) is 13.3. The van der Waals surface area contributed by atoms with Gasteiger partial charge < -0.3 is 28.7 Å². The molecule has 3 aromatic rings. The number of carbonyl (C=O) groups excluding carboxylic acids is 4. The third-order valence-electron chi connectivity index (χ3n) is 6.42. The van der Waals surface area contributed by atoms with Gasteiger partial charge in [0.2, 0.25) is 0 Å². The van der Waals surface area contributed by atoms with Gasteiger partial charge in [0.25, 0.3) is 5.91 Å². The van der Waals surface area contributed by atoms with E-state index in [0.717, 1.165) is 30.6 Å². The second-order valence-electron chi connectivity index (χ2n) is 9.68. The summed E-state index contributed by atoms with van der Waals surface area (Å²) in [5.74, 6) is 4.52. The van der Waals surface area contributed by atoms with Crippen molar-refractivity contribution in [2.45, 2.75) is 38.7 Å². The number of ether oxygens (including phenoxy) is 3. The lowest BCUT2D eigenvalue weighted by atomic mass is 10.2. The number of rotatable bonds is 6. The van der Waals surface area contributed by atoms with Crippen molar-refractivity contribution < 1.29 is 33.4 Å². The van der Waals surface area contributed by atoms with Crippen LogP contribution in [0.5, 0.6) is 0 Å². The Morgan fingerprint density at radius 2 is 1.73 bits per heavy atom. The quantitative estimate of drug-likeness (QED) is 0.250. The molecule has 236 valence electrons. The maximum atomic E-state index is 11.7. The minimum absolute atomic E-state index is 0.00231. The molecule has 0 unspecified atom stereocenters. The lowest BCUT2D eigenvalue weighted by molar-refractivity contribution is -0.144. The molecule has 1 aromatic carbocycles. The fourth-order valence-electron chi connectivity index (χ4n) is 4.09. The van der Waals surface area contributed by atoms with Gasteiger partial charge in [-0.3, -0.25) is 14.6 Å². The van der Waals surface area contributed by atoms with Gasteiger partial charge in [0.15, 0.2) is 5.69 Å². The third-order valence-corrected chi connectivity index (χ3v) is 6.42. The van der Waals surface area contributed by atoms with E-state index in [1.807, 2.05) is 37.4 Å². The minimum atomic E-state index is -0.499. The van der Waals surface area contributed by atoms with Crippen LogP contribution in [0, 0.1) is 11.8 Å². The van der Waals surface area contributed by atoms with E-state index in [2.05, 4.69) is 36.9 Å². The molecule has 0 radical (unpaired) electrons. The predicted octanol–water partition coefficient (Wildman–Crippen LogP) is 2.70. The Morgan fingerprint density at radius 1 is 1.00 bits per heavy atom. The molecule has 2 aliphatic rings. The van der Waals surface area contributed by atoms with Crippen LogP contribution >= 0.6 is 0 Å². The van der Waals surface area contributed by atoms with E-state index in [-0.39, 0.29) is 36.6 Å². The summed E-state index contributed by atoms with van der Waals surface area (Å²) in [6.07, 6.45) is 9.36. The van der Waals surface area contributed by atoms with Crippen molar-refractivity contribution in [3.63, 3.8) is 0 Å². The first kappa shape index (κ1) is 34.0. The fourth-order valence-corrected chi connectivity index (χ4v) is 4.09. The molecule has 5 rings (SSSR count). The van der Waals surface area contributed by atoms with Crippen molar-refractivity contribution in [3.05, 3.63) is 83.1 Å². The van der Waals surface area contributed by atoms with Crippen molar-refractivity contribution in [2.24, 2.45) is 19.1 Å². The number of amides is 1. The van der Waals surface area contributed by atoms with E-state index in [1.54, 1.807) is 28.7 Å². The van der Waals surface area contributed by atoms with E-state index >= 15 is 0 Å². The molecule has 0 bridgehead atoms. The number of hydrogen-bond donors (Lipinski definition) is 1. The van der Waals surface area contributed by atoms with Gasteiger partial charge in [-0.25, -0.2) is 19.6 Å². The van der Waals surface area contributed by atoms with Crippen LogP contribution in [0.2, 0.25) is 0 Å². The van der Waals surface area contributed by atoms with Gasteiger partial charge in [0, 0.05) is 45.9 Å². The summed E-state index contributed by atoms with van der Waals surface area (Å²) < 4.78 is 17.6. The van der Waals surface area contributed by atoms with E-state index in [4.69, 9.17) is 9.47 Å². The third kappa shape index (κ3) is 10.3. The van der Waals surface area contributed by atoms with Crippen LogP contribution in [-0.4, -0.2) is 69.9 Å². The molecular formula is C32H36N6O7. The molecule has 0 fully saturated rings. The van der Waals surface area contributed by atoms with Crippen LogP contribution in [0.25, 0.3) is 0 Å². The highest BCUT2D eigenvalue weighted by molar-refractivity contribution is 5.94. The van der Waals surface area contributed by atoms with Crippen molar-refractivity contribution >= 4 is 30.0 Å². The predicted molar refractivity (Wildman–Crippen MR) is 164 cm³/mol. The Morgan fingerprint density at radius 3 is 2.42 bits per heavy atom. The van der Waals surface area contributed by atoms with E-state index in [0.29, 0.717) is 29.8 Å². The van der Waals surface area contributed by atoms with Crippen molar-refractivity contribution in [3.8, 4) is 11.8 Å². The lowest BCUT2D eigenvalue weighted by Crippen LogP contribution is -2.24. The van der Waals surface area contributed by atoms with Crippen LogP contribution < -0.4 is 5.32 Å². The zero-order valence-corrected chi connectivity index (χ0v) is 25.7. The largest absolute Gasteiger partial charge is 0.466 e. The number of esters is 3. The average Bonchev–Trinajstić information content (AvgIpc) is 3.78. The summed E-state index contributed by atoms with van der Waals surface area (Å²) in [6.45, 7) is 1.01. The van der Waals surface area contributed by atoms with Crippen molar-refractivity contribution in [2.75, 3.05) is 20.8 Å². The molecule has 1 N–H and O–H groups in total. The van der Waals surface area contributed by atoms with Crippen LogP contribution in [0.1, 0.15) is 63.6 Å². The summed E-state index contributed by atoms with van der Waals surface area (Å²) in [5, 5.41) is 2.83. The topological polar surface area (TPSA) is 156 Å². The number of carbonyl (C=O) groups is 4. The summed E-state index contributed by atoms with van der Waals surface area (Å²) >= 11 is 0. The molecule has 45 heavy (non-hydrogen) atoms. The molecule has 0 saturated heterocycles. The minimum Gasteiger partial charge on any atom is -0.466 e. The maximum Gasteiger partial charge on any atom is 0.357 e. The van der Waals surface area contributed by atoms with Crippen molar-refractivity contribution in [1.29, 1.82) is 0 Å². The number of aryl methyl sites for hydroxylation is 3. The van der Waals surface area contributed by atoms with Crippen molar-refractivity contribution in [1.82, 2.24) is 24.4 Å². The van der Waals surface area contributed by atoms with Gasteiger partial charge in [0.05, 0.1) is 44.6 Å². The molecule has 2 aliphatic heterocycles. The van der Waals surface area contributed by atoms with Gasteiger partial charge in [-0.1, -0.05) is 36.3 Å². The number of aliphatic imine (C=N–C) groups is 1. The van der Waals surface area contributed by atoms with E-state index < -0.39 is 5.97 Å². The number of nitrogens with one attached hydrogen (secondary N) is 1. The summed E-state index contributed by atoms with van der Waals surface area (Å²) in [7, 11) is 6.19. The number of hydrogen-bond acceptors (Lipinski definition) is 10. The van der Waals surface area contributed by atoms with Gasteiger partial charge in [0.1, 0.15) is 18.0 Å². The van der Waals surface area contributed by atoms with E-state index in [1.165, 1.54) is 26.7 Å². The first-order valence-corrected chi connectivity index (χ1v) is 14.1. The molecule has 13 nitrogen and oxygen atoms in total. The van der Waals surface area contributed by atoms with Gasteiger partial charge in [-0.2, -0.15) is 0 Å². The molecule has 13 heteroatoms. The zero-order valence-electron chi connectivity index (χ0n) is 25.7. The normalized spacial score (nSPS) is 12.7. The molecule has 4 heterocycles. The van der Waals surface area contributed by atoms with Crippen LogP contribution in [0.3, 0.4) is 0 Å². The monoisotopic (exact) mass is 616 g/mol. The first-order chi connectivity index (χ1) is 21.7. The number of imidazole rings is 2. The highest BCUT2D eigenvalue weighted by Gasteiger charge is 2.19. The standard InChI is InChI=1S/C18H18N2O4.C8H11N3O.C6H7NO2/c1-20-13-19-15(17(20)18(22)23-2)10-6-7-11-16(21)24-12-14-8-4-3-5-9-14;1-11-5-10-6-3-2-4-9-8(12)7(6)11;1-9-6(8)5-2-3-7-4-5/h3-5,8-9,13H,7,11-12H2,1-2H3;5H,2-4H2,1H3,(H,9,12);3-4H,2H2,1H3. The average molecular weight is 617 g/mol. The number of aromatic nitrogens is 4. The number of benzene rings is 1. The highest BCUT2D eigenvalue weighted by Crippen LogP contribution is 2.11. The van der Waals surface area contributed by atoms with Gasteiger partial charge in [-0.05, 0) is 24.3 Å². The molecular weight excluding hydrogens is 580 g/mol. The molecule has 0 atom stereocenters. The lowest BCUT2D eigenvalue weighted by Gasteiger charge is -2.03.